The van der Waals surface area contributed by atoms with Crippen LogP contribution in [0.4, 0.5) is 0 Å². The molecule has 0 atom stereocenters. The van der Waals surface area contributed by atoms with Gasteiger partial charge in [-0.25, -0.2) is 4.79 Å². The second-order valence-electron chi connectivity index (χ2n) is 3.11. The van der Waals surface area contributed by atoms with Crippen LogP contribution in [-0.2, 0) is 10.3 Å². The Kier molecular flexibility index (Phi) is 2.27. The summed E-state index contributed by atoms with van der Waals surface area (Å²) in [5.74, 6) is 0. The first kappa shape index (κ1) is 9.59. The summed E-state index contributed by atoms with van der Waals surface area (Å²) in [7, 11) is 0. The fraction of sp³-hybridized carbons (Fsp3) is 0.375. The van der Waals surface area contributed by atoms with Crippen LogP contribution in [0.5, 0.6) is 0 Å². The Balaban J connectivity index is 2.50. The lowest BCUT2D eigenvalue weighted by atomic mass is 10.1. The Morgan fingerprint density at radius 1 is 1.43 bits per heavy atom. The smallest absolute Gasteiger partial charge is 0.211 e. The summed E-state index contributed by atoms with van der Waals surface area (Å²) in [6.07, 6.45) is 3.08. The molecule has 0 aromatic carbocycles. The standard InChI is InChI=1S/C8H5Cl2N3O/c9-6-3-5(7(10)13-12-6)8(1-2-8)11-4-14/h3H,1-2H2. The van der Waals surface area contributed by atoms with Gasteiger partial charge in [-0.3, -0.25) is 0 Å². The van der Waals surface area contributed by atoms with Gasteiger partial charge in [0.05, 0.1) is 0 Å². The highest BCUT2D eigenvalue weighted by atomic mass is 35.5. The first-order valence-electron chi connectivity index (χ1n) is 3.96. The number of hydrogen-bond donors (Lipinski definition) is 0. The molecule has 1 aromatic rings. The largest absolute Gasteiger partial charge is 0.235 e. The molecule has 0 amide bonds. The van der Waals surface area contributed by atoms with E-state index in [2.05, 4.69) is 15.2 Å². The fourth-order valence-electron chi connectivity index (χ4n) is 1.33. The van der Waals surface area contributed by atoms with Gasteiger partial charge in [-0.15, -0.1) is 10.2 Å². The van der Waals surface area contributed by atoms with Crippen LogP contribution >= 0.6 is 23.2 Å². The molecule has 0 aliphatic heterocycles. The van der Waals surface area contributed by atoms with Crippen LogP contribution in [-0.4, -0.2) is 16.3 Å². The van der Waals surface area contributed by atoms with E-state index in [1.54, 1.807) is 12.1 Å². The van der Waals surface area contributed by atoms with Crippen LogP contribution in [0, 0.1) is 0 Å². The van der Waals surface area contributed by atoms with Crippen LogP contribution in [0.3, 0.4) is 0 Å². The summed E-state index contributed by atoms with van der Waals surface area (Å²) in [6, 6.07) is 1.59. The maximum absolute atomic E-state index is 10.2. The molecule has 4 nitrogen and oxygen atoms in total. The lowest BCUT2D eigenvalue weighted by Gasteiger charge is -2.08. The van der Waals surface area contributed by atoms with Gasteiger partial charge in [0.2, 0.25) is 6.08 Å². The van der Waals surface area contributed by atoms with Crippen LogP contribution in [0.2, 0.25) is 10.3 Å². The minimum Gasteiger partial charge on any atom is -0.211 e. The molecule has 1 heterocycles. The third kappa shape index (κ3) is 1.52. The predicted molar refractivity (Wildman–Crippen MR) is 51.1 cm³/mol. The van der Waals surface area contributed by atoms with Crippen molar-refractivity contribution in [1.29, 1.82) is 0 Å². The minimum atomic E-state index is -0.543. The molecule has 6 heteroatoms. The van der Waals surface area contributed by atoms with Crippen molar-refractivity contribution >= 4 is 29.3 Å². The van der Waals surface area contributed by atoms with Crippen LogP contribution in [0.15, 0.2) is 11.1 Å². The van der Waals surface area contributed by atoms with Gasteiger partial charge in [0.25, 0.3) is 0 Å². The highest BCUT2D eigenvalue weighted by Gasteiger charge is 2.47. The molecule has 0 N–H and O–H groups in total. The molecule has 0 bridgehead atoms. The molecule has 2 rings (SSSR count). The van der Waals surface area contributed by atoms with E-state index in [0.29, 0.717) is 5.56 Å². The second kappa shape index (κ2) is 3.31. The summed E-state index contributed by atoms with van der Waals surface area (Å²) >= 11 is 11.5. The molecule has 0 unspecified atom stereocenters. The van der Waals surface area contributed by atoms with Crippen molar-refractivity contribution in [3.63, 3.8) is 0 Å². The lowest BCUT2D eigenvalue weighted by Crippen LogP contribution is -2.05. The Bertz CT molecular complexity index is 425. The van der Waals surface area contributed by atoms with Crippen molar-refractivity contribution in [2.75, 3.05) is 0 Å². The van der Waals surface area contributed by atoms with Crippen molar-refractivity contribution < 1.29 is 4.79 Å². The predicted octanol–water partition coefficient (Wildman–Crippen LogP) is 2.11. The van der Waals surface area contributed by atoms with Crippen molar-refractivity contribution in [1.82, 2.24) is 10.2 Å². The summed E-state index contributed by atoms with van der Waals surface area (Å²) in [4.78, 5) is 13.9. The number of aliphatic imine (C=N–C) groups is 1. The second-order valence-corrected chi connectivity index (χ2v) is 3.85. The van der Waals surface area contributed by atoms with Gasteiger partial charge < -0.3 is 0 Å². The molecule has 0 radical (unpaired) electrons. The zero-order chi connectivity index (χ0) is 10.2. The average molecular weight is 230 g/mol. The number of rotatable bonds is 2. The van der Waals surface area contributed by atoms with Crippen LogP contribution in [0.25, 0.3) is 0 Å². The van der Waals surface area contributed by atoms with Gasteiger partial charge in [0.15, 0.2) is 10.3 Å². The molecule has 1 fully saturated rings. The lowest BCUT2D eigenvalue weighted by molar-refractivity contribution is 0.556. The van der Waals surface area contributed by atoms with Crippen molar-refractivity contribution in [3.8, 4) is 0 Å². The van der Waals surface area contributed by atoms with Gasteiger partial charge in [0.1, 0.15) is 5.54 Å². The third-order valence-corrected chi connectivity index (χ3v) is 2.67. The Hall–Kier alpha value is -0.960. The van der Waals surface area contributed by atoms with Gasteiger partial charge in [-0.05, 0) is 18.9 Å². The van der Waals surface area contributed by atoms with Crippen molar-refractivity contribution in [2.24, 2.45) is 4.99 Å². The van der Waals surface area contributed by atoms with Crippen molar-refractivity contribution in [3.05, 3.63) is 21.9 Å². The normalized spacial score (nSPS) is 17.3. The molecule has 72 valence electrons. The highest BCUT2D eigenvalue weighted by molar-refractivity contribution is 6.31. The quantitative estimate of drug-likeness (QED) is 0.577. The van der Waals surface area contributed by atoms with Gasteiger partial charge in [0, 0.05) is 5.56 Å². The molecule has 0 spiro atoms. The molecule has 1 saturated carbocycles. The Morgan fingerprint density at radius 2 is 2.14 bits per heavy atom. The Morgan fingerprint density at radius 3 is 2.71 bits per heavy atom. The third-order valence-electron chi connectivity index (χ3n) is 2.20. The number of aromatic nitrogens is 2. The molecule has 0 saturated heterocycles. The zero-order valence-electron chi connectivity index (χ0n) is 7.00. The van der Waals surface area contributed by atoms with Crippen molar-refractivity contribution in [2.45, 2.75) is 18.4 Å². The SMILES string of the molecule is O=C=NC1(c2cc(Cl)nnc2Cl)CC1. The van der Waals surface area contributed by atoms with Gasteiger partial charge in [-0.2, -0.15) is 4.99 Å². The fourth-order valence-corrected chi connectivity index (χ4v) is 1.74. The van der Waals surface area contributed by atoms with E-state index in [1.165, 1.54) is 0 Å². The molecule has 1 aliphatic carbocycles. The summed E-state index contributed by atoms with van der Waals surface area (Å²) in [6.45, 7) is 0. The molecule has 14 heavy (non-hydrogen) atoms. The molecular weight excluding hydrogens is 225 g/mol. The molecule has 1 aromatic heterocycles. The van der Waals surface area contributed by atoms with Gasteiger partial charge >= 0.3 is 0 Å². The number of halogens is 2. The maximum atomic E-state index is 10.2. The van der Waals surface area contributed by atoms with E-state index in [-0.39, 0.29) is 10.3 Å². The average Bonchev–Trinajstić information content (AvgIpc) is 2.91. The first-order chi connectivity index (χ1) is 6.68. The Labute approximate surface area is 90.0 Å². The first-order valence-corrected chi connectivity index (χ1v) is 4.72. The number of carbonyl (C=O) groups excluding carboxylic acids is 1. The van der Waals surface area contributed by atoms with Gasteiger partial charge in [-0.1, -0.05) is 23.2 Å². The molecular formula is C8H5Cl2N3O. The van der Waals surface area contributed by atoms with E-state index in [9.17, 15) is 4.79 Å². The van der Waals surface area contributed by atoms with E-state index >= 15 is 0 Å². The van der Waals surface area contributed by atoms with Crippen LogP contribution < -0.4 is 0 Å². The highest BCUT2D eigenvalue weighted by Crippen LogP contribution is 2.51. The molecule has 1 aliphatic rings. The minimum absolute atomic E-state index is 0.242. The monoisotopic (exact) mass is 229 g/mol. The van der Waals surface area contributed by atoms with E-state index in [1.807, 2.05) is 0 Å². The summed E-state index contributed by atoms with van der Waals surface area (Å²) in [5.41, 5.74) is 0.112. The topological polar surface area (TPSA) is 55.2 Å². The number of hydrogen-bond acceptors (Lipinski definition) is 4. The summed E-state index contributed by atoms with van der Waals surface area (Å²) in [5, 5.41) is 7.73. The van der Waals surface area contributed by atoms with E-state index < -0.39 is 5.54 Å². The number of nitrogens with zero attached hydrogens (tertiary/aromatic N) is 3. The van der Waals surface area contributed by atoms with E-state index in [4.69, 9.17) is 23.2 Å². The maximum Gasteiger partial charge on any atom is 0.235 e. The summed E-state index contributed by atoms with van der Waals surface area (Å²) < 4.78 is 0. The van der Waals surface area contributed by atoms with Crippen LogP contribution in [0.1, 0.15) is 18.4 Å². The number of isocyanates is 1. The zero-order valence-corrected chi connectivity index (χ0v) is 8.51. The van der Waals surface area contributed by atoms with E-state index in [0.717, 1.165) is 12.8 Å².